The third-order valence-corrected chi connectivity index (χ3v) is 8.30. The summed E-state index contributed by atoms with van der Waals surface area (Å²) < 4.78 is 47.4. The molecule has 2 fully saturated rings. The Morgan fingerprint density at radius 1 is 1.05 bits per heavy atom. The second-order valence-corrected chi connectivity index (χ2v) is 12.0. The maximum absolute atomic E-state index is 15.8. The van der Waals surface area contributed by atoms with Crippen LogP contribution in [0.5, 0.6) is 0 Å². The van der Waals surface area contributed by atoms with Crippen LogP contribution in [0.3, 0.4) is 0 Å². The summed E-state index contributed by atoms with van der Waals surface area (Å²) in [6, 6.07) is 12.0. The standard InChI is InChI=1S/C32H30F3N5O2/c1-32(2,42)16-39-30-20(15-38-39)10-26(28(34)29(30)35)24-8-5-18(9-25(24)17-3-4-19(14-36)27(33)11-17)31(41)40-22-6-7-23(40)13-21(37)12-22/h3-5,8-11,15,21-23,42H,6-7,12-13,16,37H2,1-2H3/t21-,22+,23-. The Morgan fingerprint density at radius 2 is 1.76 bits per heavy atom. The number of aliphatic hydroxyl groups is 1. The average molecular weight is 574 g/mol. The molecule has 0 spiro atoms. The predicted molar refractivity (Wildman–Crippen MR) is 152 cm³/mol. The minimum atomic E-state index is -1.21. The van der Waals surface area contributed by atoms with Gasteiger partial charge in [0.05, 0.1) is 23.9 Å². The maximum Gasteiger partial charge on any atom is 0.254 e. The van der Waals surface area contributed by atoms with Crippen molar-refractivity contribution >= 4 is 16.8 Å². The zero-order valence-electron chi connectivity index (χ0n) is 23.2. The zero-order valence-corrected chi connectivity index (χ0v) is 23.2. The molecule has 216 valence electrons. The molecule has 10 heteroatoms. The molecule has 2 aliphatic rings. The molecule has 0 saturated carbocycles. The number of nitrogens with two attached hydrogens (primary N) is 1. The Hall–Kier alpha value is -4.20. The fourth-order valence-corrected chi connectivity index (χ4v) is 6.49. The van der Waals surface area contributed by atoms with Gasteiger partial charge in [-0.15, -0.1) is 0 Å². The van der Waals surface area contributed by atoms with E-state index in [1.54, 1.807) is 38.1 Å². The molecule has 7 nitrogen and oxygen atoms in total. The lowest BCUT2D eigenvalue weighted by molar-refractivity contribution is 0.0572. The first-order valence-electron chi connectivity index (χ1n) is 13.9. The third kappa shape index (κ3) is 4.82. The summed E-state index contributed by atoms with van der Waals surface area (Å²) in [7, 11) is 0. The lowest BCUT2D eigenvalue weighted by Crippen LogP contribution is -2.50. The van der Waals surface area contributed by atoms with Gasteiger partial charge in [0, 0.05) is 34.6 Å². The monoisotopic (exact) mass is 573 g/mol. The minimum absolute atomic E-state index is 0.0381. The van der Waals surface area contributed by atoms with E-state index in [4.69, 9.17) is 5.73 Å². The average Bonchev–Trinajstić information content (AvgIpc) is 3.46. The molecular formula is C32H30F3N5O2. The van der Waals surface area contributed by atoms with Crippen molar-refractivity contribution < 1.29 is 23.1 Å². The van der Waals surface area contributed by atoms with E-state index in [-0.39, 0.29) is 52.8 Å². The summed E-state index contributed by atoms with van der Waals surface area (Å²) in [5, 5.41) is 23.9. The zero-order chi connectivity index (χ0) is 29.9. The Morgan fingerprint density at radius 3 is 2.40 bits per heavy atom. The molecule has 2 bridgehead atoms. The Balaban J connectivity index is 1.50. The number of nitriles is 1. The van der Waals surface area contributed by atoms with Gasteiger partial charge in [0.2, 0.25) is 0 Å². The highest BCUT2D eigenvalue weighted by Gasteiger charge is 2.42. The molecule has 1 amide bonds. The van der Waals surface area contributed by atoms with Crippen LogP contribution in [0, 0.1) is 28.8 Å². The molecule has 0 aliphatic carbocycles. The number of halogens is 3. The van der Waals surface area contributed by atoms with Gasteiger partial charge in [-0.25, -0.2) is 13.2 Å². The minimum Gasteiger partial charge on any atom is -0.389 e. The van der Waals surface area contributed by atoms with E-state index in [1.807, 2.05) is 4.90 Å². The molecule has 42 heavy (non-hydrogen) atoms. The molecule has 3 aromatic carbocycles. The fraction of sp³-hybridized carbons (Fsp3) is 0.344. The van der Waals surface area contributed by atoms with Crippen LogP contribution in [-0.2, 0) is 6.54 Å². The van der Waals surface area contributed by atoms with Crippen molar-refractivity contribution in [3.8, 4) is 28.3 Å². The van der Waals surface area contributed by atoms with Crippen LogP contribution >= 0.6 is 0 Å². The number of hydrogen-bond donors (Lipinski definition) is 2. The highest BCUT2D eigenvalue weighted by molar-refractivity contribution is 5.99. The van der Waals surface area contributed by atoms with E-state index in [1.165, 1.54) is 29.1 Å². The summed E-state index contributed by atoms with van der Waals surface area (Å²) in [5.41, 5.74) is 5.84. The Bertz CT molecular complexity index is 1760. The van der Waals surface area contributed by atoms with Crippen molar-refractivity contribution in [1.29, 1.82) is 5.26 Å². The fourth-order valence-electron chi connectivity index (χ4n) is 6.49. The summed E-state index contributed by atoms with van der Waals surface area (Å²) in [4.78, 5) is 15.7. The van der Waals surface area contributed by atoms with Crippen LogP contribution in [0.25, 0.3) is 33.2 Å². The normalized spacial score (nSPS) is 20.2. The van der Waals surface area contributed by atoms with Gasteiger partial charge in [-0.1, -0.05) is 12.1 Å². The van der Waals surface area contributed by atoms with Crippen molar-refractivity contribution in [2.75, 3.05) is 0 Å². The molecular weight excluding hydrogens is 543 g/mol. The van der Waals surface area contributed by atoms with E-state index in [2.05, 4.69) is 5.10 Å². The van der Waals surface area contributed by atoms with Gasteiger partial charge in [0.25, 0.3) is 5.91 Å². The molecule has 0 radical (unpaired) electrons. The first-order valence-corrected chi connectivity index (χ1v) is 13.9. The van der Waals surface area contributed by atoms with Crippen molar-refractivity contribution in [1.82, 2.24) is 14.7 Å². The van der Waals surface area contributed by atoms with Crippen LogP contribution in [0.15, 0.2) is 48.7 Å². The molecule has 3 N–H and O–H groups in total. The van der Waals surface area contributed by atoms with Crippen LogP contribution in [0.2, 0.25) is 0 Å². The highest BCUT2D eigenvalue weighted by Crippen LogP contribution is 2.40. The Labute approximate surface area is 241 Å². The van der Waals surface area contributed by atoms with Crippen LogP contribution in [-0.4, -0.2) is 49.4 Å². The van der Waals surface area contributed by atoms with E-state index in [0.29, 0.717) is 22.1 Å². The number of carbonyl (C=O) groups is 1. The number of amides is 1. The molecule has 6 rings (SSSR count). The number of nitrogens with zero attached hydrogens (tertiary/aromatic N) is 4. The van der Waals surface area contributed by atoms with Gasteiger partial charge < -0.3 is 15.7 Å². The van der Waals surface area contributed by atoms with Crippen molar-refractivity contribution in [2.24, 2.45) is 5.73 Å². The first-order chi connectivity index (χ1) is 19.9. The number of carbonyl (C=O) groups excluding carboxylic acids is 1. The lowest BCUT2D eigenvalue weighted by Gasteiger charge is -2.38. The van der Waals surface area contributed by atoms with Gasteiger partial charge >= 0.3 is 0 Å². The molecule has 3 heterocycles. The molecule has 2 aliphatic heterocycles. The van der Waals surface area contributed by atoms with Gasteiger partial charge in [-0.3, -0.25) is 9.48 Å². The molecule has 3 atom stereocenters. The topological polar surface area (TPSA) is 108 Å². The van der Waals surface area contributed by atoms with E-state index < -0.39 is 23.1 Å². The Kier molecular flexibility index (Phi) is 6.83. The van der Waals surface area contributed by atoms with Crippen LogP contribution in [0.1, 0.15) is 55.5 Å². The molecule has 4 aromatic rings. The van der Waals surface area contributed by atoms with Gasteiger partial charge in [-0.05, 0) is 86.6 Å². The predicted octanol–water partition coefficient (Wildman–Crippen LogP) is 5.52. The van der Waals surface area contributed by atoms with E-state index in [9.17, 15) is 19.6 Å². The number of aromatic nitrogens is 2. The summed E-state index contributed by atoms with van der Waals surface area (Å²) in [5.74, 6) is -3.23. The SMILES string of the molecule is CC(C)(O)Cn1ncc2cc(-c3ccc(C(=O)N4[C@@H]5CC[C@H]4C[C@@H](N)C5)cc3-c3ccc(C#N)c(F)c3)c(F)c(F)c21. The number of fused-ring (bicyclic) bond motifs is 3. The van der Waals surface area contributed by atoms with Crippen molar-refractivity contribution in [2.45, 2.75) is 69.8 Å². The largest absolute Gasteiger partial charge is 0.389 e. The van der Waals surface area contributed by atoms with Gasteiger partial charge in [-0.2, -0.15) is 10.4 Å². The molecule has 2 saturated heterocycles. The quantitative estimate of drug-likeness (QED) is 0.327. The molecule has 1 aromatic heterocycles. The van der Waals surface area contributed by atoms with Crippen molar-refractivity contribution in [3.05, 3.63) is 77.2 Å². The number of benzene rings is 3. The lowest BCUT2D eigenvalue weighted by atomic mass is 9.90. The van der Waals surface area contributed by atoms with Crippen molar-refractivity contribution in [3.63, 3.8) is 0 Å². The third-order valence-electron chi connectivity index (χ3n) is 8.30. The number of piperidine rings is 1. The highest BCUT2D eigenvalue weighted by atomic mass is 19.2. The maximum atomic E-state index is 15.8. The first kappa shape index (κ1) is 27.9. The van der Waals surface area contributed by atoms with Crippen LogP contribution in [0.4, 0.5) is 13.2 Å². The summed E-state index contributed by atoms with van der Waals surface area (Å²) >= 11 is 0. The van der Waals surface area contributed by atoms with E-state index >= 15 is 8.78 Å². The number of hydrogen-bond acceptors (Lipinski definition) is 5. The number of rotatable bonds is 5. The van der Waals surface area contributed by atoms with Gasteiger partial charge in [0.1, 0.15) is 17.4 Å². The van der Waals surface area contributed by atoms with Gasteiger partial charge in [0.15, 0.2) is 11.6 Å². The summed E-state index contributed by atoms with van der Waals surface area (Å²) in [6.07, 6.45) is 4.59. The second-order valence-electron chi connectivity index (χ2n) is 12.0. The van der Waals surface area contributed by atoms with Crippen LogP contribution < -0.4 is 5.73 Å². The summed E-state index contributed by atoms with van der Waals surface area (Å²) in [6.45, 7) is 3.03. The smallest absolute Gasteiger partial charge is 0.254 e. The van der Waals surface area contributed by atoms with E-state index in [0.717, 1.165) is 31.7 Å². The second kappa shape index (κ2) is 10.3. The molecule has 0 unspecified atom stereocenters.